The Bertz CT molecular complexity index is 845. The van der Waals surface area contributed by atoms with Crippen LogP contribution in [0.25, 0.3) is 0 Å². The number of alkyl halides is 3. The number of nitrogens with one attached hydrogen (secondary N) is 2. The molecule has 0 aliphatic rings. The normalized spacial score (nSPS) is 11.2. The van der Waals surface area contributed by atoms with Gasteiger partial charge in [0.2, 0.25) is 11.8 Å². The number of hydrogen-bond donors (Lipinski definition) is 2. The van der Waals surface area contributed by atoms with Crippen LogP contribution in [0.5, 0.6) is 0 Å². The van der Waals surface area contributed by atoms with Crippen molar-refractivity contribution < 1.29 is 22.8 Å². The fraction of sp³-hybridized carbons (Fsp3) is 0.278. The van der Waals surface area contributed by atoms with E-state index in [-0.39, 0.29) is 30.5 Å². The molecule has 5 nitrogen and oxygen atoms in total. The van der Waals surface area contributed by atoms with Gasteiger partial charge in [-0.1, -0.05) is 33.8 Å². The van der Waals surface area contributed by atoms with Crippen LogP contribution in [0.4, 0.5) is 18.9 Å². The van der Waals surface area contributed by atoms with Gasteiger partial charge >= 0.3 is 6.18 Å². The number of hydrogen-bond acceptors (Lipinski definition) is 4. The number of halogens is 4. The number of pyridine rings is 1. The summed E-state index contributed by atoms with van der Waals surface area (Å²) in [5, 5.41) is 5.68. The number of nitrogens with zero attached hydrogens (tertiary/aromatic N) is 1. The molecule has 2 N–H and O–H groups in total. The number of benzene rings is 1. The summed E-state index contributed by atoms with van der Waals surface area (Å²) >= 11 is 4.35. The molecule has 1 aromatic carbocycles. The van der Waals surface area contributed by atoms with E-state index in [0.29, 0.717) is 10.7 Å². The molecule has 0 saturated carbocycles. The highest BCUT2D eigenvalue weighted by Gasteiger charge is 2.30. The van der Waals surface area contributed by atoms with Crippen LogP contribution < -0.4 is 10.6 Å². The Labute approximate surface area is 172 Å². The van der Waals surface area contributed by atoms with E-state index >= 15 is 0 Å². The van der Waals surface area contributed by atoms with Crippen molar-refractivity contribution in [3.8, 4) is 0 Å². The molecule has 0 saturated heterocycles. The molecule has 0 aliphatic heterocycles. The van der Waals surface area contributed by atoms with Crippen molar-refractivity contribution in [1.29, 1.82) is 0 Å². The first-order valence-electron chi connectivity index (χ1n) is 8.14. The number of carbonyl (C=O) groups excluding carboxylic acids is 2. The topological polar surface area (TPSA) is 71.1 Å². The van der Waals surface area contributed by atoms with Crippen LogP contribution >= 0.6 is 27.7 Å². The minimum atomic E-state index is -4.44. The number of anilines is 1. The summed E-state index contributed by atoms with van der Waals surface area (Å²) in [6, 6.07) is 7.66. The van der Waals surface area contributed by atoms with Gasteiger partial charge in [0.15, 0.2) is 0 Å². The van der Waals surface area contributed by atoms with E-state index in [1.807, 2.05) is 19.1 Å². The standard InChI is InChI=1S/C18H17BrF3N3O2S/c1-11-2-4-13(19)8-14(11)25-15(26)6-7-23-16(27)10-28-17-5-3-12(9-24-17)18(20,21)22/h2-5,8-9H,6-7,10H2,1H3,(H,23,27)(H,25,26). The highest BCUT2D eigenvalue weighted by molar-refractivity contribution is 9.10. The highest BCUT2D eigenvalue weighted by atomic mass is 79.9. The molecule has 1 aromatic heterocycles. The lowest BCUT2D eigenvalue weighted by atomic mass is 10.2. The first-order chi connectivity index (χ1) is 13.1. The van der Waals surface area contributed by atoms with Gasteiger partial charge in [0.05, 0.1) is 16.3 Å². The molecule has 0 radical (unpaired) electrons. The molecule has 28 heavy (non-hydrogen) atoms. The van der Waals surface area contributed by atoms with Gasteiger partial charge in [0.25, 0.3) is 0 Å². The van der Waals surface area contributed by atoms with Gasteiger partial charge in [-0.05, 0) is 36.8 Å². The Morgan fingerprint density at radius 1 is 1.18 bits per heavy atom. The van der Waals surface area contributed by atoms with Crippen LogP contribution in [-0.4, -0.2) is 29.1 Å². The monoisotopic (exact) mass is 475 g/mol. The minimum absolute atomic E-state index is 0.00920. The molecular weight excluding hydrogens is 459 g/mol. The van der Waals surface area contributed by atoms with Crippen LogP contribution in [0.3, 0.4) is 0 Å². The quantitative estimate of drug-likeness (QED) is 0.581. The summed E-state index contributed by atoms with van der Waals surface area (Å²) in [6.45, 7) is 2.02. The van der Waals surface area contributed by atoms with Crippen LogP contribution in [0.1, 0.15) is 17.5 Å². The fourth-order valence-electron chi connectivity index (χ4n) is 2.08. The van der Waals surface area contributed by atoms with E-state index in [4.69, 9.17) is 0 Å². The number of aryl methyl sites for hydroxylation is 1. The van der Waals surface area contributed by atoms with Crippen molar-refractivity contribution in [3.63, 3.8) is 0 Å². The summed E-state index contributed by atoms with van der Waals surface area (Å²) in [4.78, 5) is 27.5. The van der Waals surface area contributed by atoms with Crippen LogP contribution in [0.2, 0.25) is 0 Å². The molecule has 0 atom stereocenters. The van der Waals surface area contributed by atoms with Crippen molar-refractivity contribution in [2.45, 2.75) is 24.5 Å². The Hall–Kier alpha value is -2.07. The number of amides is 2. The Kier molecular flexibility index (Phi) is 7.88. The van der Waals surface area contributed by atoms with Gasteiger partial charge in [-0.3, -0.25) is 9.59 Å². The van der Waals surface area contributed by atoms with Crippen LogP contribution in [-0.2, 0) is 15.8 Å². The van der Waals surface area contributed by atoms with Gasteiger partial charge in [0, 0.05) is 29.3 Å². The Morgan fingerprint density at radius 3 is 2.57 bits per heavy atom. The van der Waals surface area contributed by atoms with Gasteiger partial charge < -0.3 is 10.6 Å². The zero-order valence-corrected chi connectivity index (χ0v) is 17.2. The molecule has 1 heterocycles. The zero-order valence-electron chi connectivity index (χ0n) is 14.8. The molecule has 0 spiro atoms. The smallest absolute Gasteiger partial charge is 0.355 e. The average molecular weight is 476 g/mol. The predicted octanol–water partition coefficient (Wildman–Crippen LogP) is 4.41. The van der Waals surface area contributed by atoms with Crippen molar-refractivity contribution >= 4 is 45.2 Å². The van der Waals surface area contributed by atoms with E-state index in [0.717, 1.165) is 34.1 Å². The maximum Gasteiger partial charge on any atom is 0.417 e. The van der Waals surface area contributed by atoms with Crippen molar-refractivity contribution in [1.82, 2.24) is 10.3 Å². The number of thioether (sulfide) groups is 1. The lowest BCUT2D eigenvalue weighted by molar-refractivity contribution is -0.138. The first-order valence-corrected chi connectivity index (χ1v) is 9.92. The van der Waals surface area contributed by atoms with Gasteiger partial charge in [0.1, 0.15) is 0 Å². The highest BCUT2D eigenvalue weighted by Crippen LogP contribution is 2.29. The number of carbonyl (C=O) groups is 2. The van der Waals surface area contributed by atoms with Crippen molar-refractivity contribution in [2.75, 3.05) is 17.6 Å². The zero-order chi connectivity index (χ0) is 20.7. The summed E-state index contributed by atoms with van der Waals surface area (Å²) in [7, 11) is 0. The largest absolute Gasteiger partial charge is 0.417 e. The molecule has 2 rings (SSSR count). The maximum atomic E-state index is 12.5. The van der Waals surface area contributed by atoms with E-state index in [2.05, 4.69) is 31.5 Å². The molecular formula is C18H17BrF3N3O2S. The van der Waals surface area contributed by atoms with Crippen LogP contribution in [0.15, 0.2) is 46.0 Å². The lowest BCUT2D eigenvalue weighted by Gasteiger charge is -2.09. The third-order valence-corrected chi connectivity index (χ3v) is 5.00. The molecule has 2 aromatic rings. The Balaban J connectivity index is 1.71. The first kappa shape index (κ1) is 22.2. The maximum absolute atomic E-state index is 12.5. The van der Waals surface area contributed by atoms with E-state index < -0.39 is 11.7 Å². The van der Waals surface area contributed by atoms with E-state index in [1.165, 1.54) is 6.07 Å². The van der Waals surface area contributed by atoms with Crippen molar-refractivity contribution in [2.24, 2.45) is 0 Å². The fourth-order valence-corrected chi connectivity index (χ4v) is 3.11. The molecule has 0 fully saturated rings. The molecule has 0 bridgehead atoms. The molecule has 10 heteroatoms. The third kappa shape index (κ3) is 7.16. The summed E-state index contributed by atoms with van der Waals surface area (Å²) in [5.41, 5.74) is 0.767. The number of aromatic nitrogens is 1. The minimum Gasteiger partial charge on any atom is -0.355 e. The number of rotatable bonds is 7. The summed E-state index contributed by atoms with van der Waals surface area (Å²) in [6.07, 6.45) is -3.61. The molecule has 0 unspecified atom stereocenters. The van der Waals surface area contributed by atoms with Gasteiger partial charge in [-0.2, -0.15) is 13.2 Å². The van der Waals surface area contributed by atoms with Crippen molar-refractivity contribution in [3.05, 3.63) is 52.1 Å². The average Bonchev–Trinajstić information content (AvgIpc) is 2.62. The molecule has 2 amide bonds. The predicted molar refractivity (Wildman–Crippen MR) is 105 cm³/mol. The molecule has 150 valence electrons. The lowest BCUT2D eigenvalue weighted by Crippen LogP contribution is -2.29. The van der Waals surface area contributed by atoms with Gasteiger partial charge in [-0.25, -0.2) is 4.98 Å². The third-order valence-electron chi connectivity index (χ3n) is 3.56. The molecule has 0 aliphatic carbocycles. The summed E-state index contributed by atoms with van der Waals surface area (Å²) < 4.78 is 38.3. The second-order valence-corrected chi connectivity index (χ2v) is 7.69. The second-order valence-electron chi connectivity index (χ2n) is 5.78. The second kappa shape index (κ2) is 9.92. The Morgan fingerprint density at radius 2 is 1.93 bits per heavy atom. The van der Waals surface area contributed by atoms with E-state index in [1.54, 1.807) is 6.07 Å². The van der Waals surface area contributed by atoms with Gasteiger partial charge in [-0.15, -0.1) is 0 Å². The SMILES string of the molecule is Cc1ccc(Br)cc1NC(=O)CCNC(=O)CSc1ccc(C(F)(F)F)cn1. The van der Waals surface area contributed by atoms with E-state index in [9.17, 15) is 22.8 Å². The summed E-state index contributed by atoms with van der Waals surface area (Å²) in [5.74, 6) is -0.582. The van der Waals surface area contributed by atoms with Crippen LogP contribution in [0, 0.1) is 6.92 Å².